The summed E-state index contributed by atoms with van der Waals surface area (Å²) in [6.07, 6.45) is 2.20. The zero-order valence-corrected chi connectivity index (χ0v) is 11.8. The molecule has 0 aliphatic carbocycles. The van der Waals surface area contributed by atoms with Gasteiger partial charge in [0.1, 0.15) is 5.82 Å². The van der Waals surface area contributed by atoms with Crippen molar-refractivity contribution < 1.29 is 8.42 Å². The highest BCUT2D eigenvalue weighted by molar-refractivity contribution is 9.10. The molecular weight excluding hydrogens is 306 g/mol. The summed E-state index contributed by atoms with van der Waals surface area (Å²) in [5, 5.41) is 3.14. The number of sulfone groups is 1. The van der Waals surface area contributed by atoms with Gasteiger partial charge in [0, 0.05) is 6.04 Å². The van der Waals surface area contributed by atoms with Crippen LogP contribution in [-0.4, -0.2) is 30.9 Å². The maximum absolute atomic E-state index is 11.3. The Balaban J connectivity index is 2.18. The zero-order chi connectivity index (χ0) is 12.6. The van der Waals surface area contributed by atoms with Gasteiger partial charge in [0.25, 0.3) is 0 Å². The minimum atomic E-state index is -2.88. The van der Waals surface area contributed by atoms with Crippen LogP contribution in [0, 0.1) is 6.92 Å². The van der Waals surface area contributed by atoms with E-state index in [1.165, 1.54) is 0 Å². The van der Waals surface area contributed by atoms with Gasteiger partial charge in [0.05, 0.1) is 27.9 Å². The van der Waals surface area contributed by atoms with E-state index in [0.717, 1.165) is 10.0 Å². The van der Waals surface area contributed by atoms with Crippen molar-refractivity contribution in [1.29, 1.82) is 0 Å². The Morgan fingerprint density at radius 1 is 1.59 bits per heavy atom. The Morgan fingerprint density at radius 3 is 2.88 bits per heavy atom. The molecule has 2 rings (SSSR count). The maximum Gasteiger partial charge on any atom is 0.152 e. The lowest BCUT2D eigenvalue weighted by atomic mass is 10.2. The second-order valence-corrected chi connectivity index (χ2v) is 7.27. The van der Waals surface area contributed by atoms with Gasteiger partial charge in [0.2, 0.25) is 0 Å². The van der Waals surface area contributed by atoms with Crippen molar-refractivity contribution >= 4 is 37.3 Å². The Kier molecular flexibility index (Phi) is 3.31. The number of pyridine rings is 1. The number of hydrogen-bond donors (Lipinski definition) is 2. The van der Waals surface area contributed by atoms with Crippen LogP contribution in [0.1, 0.15) is 12.0 Å². The molecule has 0 radical (unpaired) electrons. The van der Waals surface area contributed by atoms with Crippen LogP contribution in [0.3, 0.4) is 0 Å². The van der Waals surface area contributed by atoms with Crippen LogP contribution in [0.15, 0.2) is 10.7 Å². The van der Waals surface area contributed by atoms with Crippen molar-refractivity contribution in [3.63, 3.8) is 0 Å². The molecule has 1 aromatic heterocycles. The second kappa shape index (κ2) is 4.45. The minimum Gasteiger partial charge on any atom is -0.397 e. The average molecular weight is 320 g/mol. The van der Waals surface area contributed by atoms with Crippen molar-refractivity contribution in [1.82, 2.24) is 4.98 Å². The predicted octanol–water partition coefficient (Wildman–Crippen LogP) is 1.33. The molecule has 0 spiro atoms. The Morgan fingerprint density at radius 2 is 2.29 bits per heavy atom. The van der Waals surface area contributed by atoms with Gasteiger partial charge >= 0.3 is 0 Å². The zero-order valence-electron chi connectivity index (χ0n) is 9.40. The number of nitrogens with one attached hydrogen (secondary N) is 1. The Bertz CT molecular complexity index is 545. The molecule has 0 bridgehead atoms. The van der Waals surface area contributed by atoms with E-state index in [1.54, 1.807) is 6.20 Å². The largest absolute Gasteiger partial charge is 0.397 e. The van der Waals surface area contributed by atoms with E-state index < -0.39 is 9.84 Å². The summed E-state index contributed by atoms with van der Waals surface area (Å²) in [5.74, 6) is 1.07. The molecule has 17 heavy (non-hydrogen) atoms. The summed E-state index contributed by atoms with van der Waals surface area (Å²) in [7, 11) is -2.88. The molecule has 1 aliphatic rings. The van der Waals surface area contributed by atoms with Crippen LogP contribution in [0.5, 0.6) is 0 Å². The van der Waals surface area contributed by atoms with Gasteiger partial charge in [0.15, 0.2) is 9.84 Å². The van der Waals surface area contributed by atoms with Crippen LogP contribution in [0.4, 0.5) is 11.5 Å². The van der Waals surface area contributed by atoms with E-state index in [4.69, 9.17) is 5.73 Å². The third-order valence-corrected chi connectivity index (χ3v) is 5.61. The minimum absolute atomic E-state index is 0.0631. The molecule has 1 unspecified atom stereocenters. The van der Waals surface area contributed by atoms with Gasteiger partial charge < -0.3 is 11.1 Å². The summed E-state index contributed by atoms with van der Waals surface area (Å²) < 4.78 is 23.5. The standard InChI is InChI=1S/C10H14BrN3O2S/c1-6-8(12)4-13-10(9(6)11)14-7-2-3-17(15,16)5-7/h4,7H,2-3,5,12H2,1H3,(H,13,14). The van der Waals surface area contributed by atoms with Crippen molar-refractivity contribution in [3.05, 3.63) is 16.2 Å². The average Bonchev–Trinajstić information content (AvgIpc) is 2.59. The van der Waals surface area contributed by atoms with E-state index in [1.807, 2.05) is 6.92 Å². The first kappa shape index (κ1) is 12.6. The molecule has 7 heteroatoms. The number of nitrogen functional groups attached to an aromatic ring is 1. The lowest BCUT2D eigenvalue weighted by Crippen LogP contribution is -2.21. The van der Waals surface area contributed by atoms with E-state index in [2.05, 4.69) is 26.2 Å². The number of nitrogens with zero attached hydrogens (tertiary/aromatic N) is 1. The summed E-state index contributed by atoms with van der Waals surface area (Å²) in [5.41, 5.74) is 7.24. The van der Waals surface area contributed by atoms with Gasteiger partial charge in [-0.05, 0) is 34.8 Å². The number of rotatable bonds is 2. The Labute approximate surface area is 109 Å². The van der Waals surface area contributed by atoms with Crippen molar-refractivity contribution in [2.24, 2.45) is 0 Å². The highest BCUT2D eigenvalue weighted by atomic mass is 79.9. The summed E-state index contributed by atoms with van der Waals surface area (Å²) in [6.45, 7) is 1.89. The van der Waals surface area contributed by atoms with Gasteiger partial charge in [-0.1, -0.05) is 0 Å². The molecular formula is C10H14BrN3O2S. The van der Waals surface area contributed by atoms with Crippen LogP contribution in [0.25, 0.3) is 0 Å². The summed E-state index contributed by atoms with van der Waals surface area (Å²) in [4.78, 5) is 4.17. The van der Waals surface area contributed by atoms with Gasteiger partial charge in [-0.15, -0.1) is 0 Å². The second-order valence-electron chi connectivity index (χ2n) is 4.25. The molecule has 2 heterocycles. The highest BCUT2D eigenvalue weighted by Gasteiger charge is 2.28. The van der Waals surface area contributed by atoms with E-state index in [0.29, 0.717) is 17.9 Å². The lowest BCUT2D eigenvalue weighted by molar-refractivity contribution is 0.602. The molecule has 1 fully saturated rings. The third kappa shape index (κ3) is 2.71. The molecule has 5 nitrogen and oxygen atoms in total. The van der Waals surface area contributed by atoms with E-state index in [9.17, 15) is 8.42 Å². The first-order valence-electron chi connectivity index (χ1n) is 5.26. The molecule has 94 valence electrons. The van der Waals surface area contributed by atoms with Gasteiger partial charge in [-0.2, -0.15) is 0 Å². The number of nitrogens with two attached hydrogens (primary N) is 1. The van der Waals surface area contributed by atoms with Gasteiger partial charge in [-0.3, -0.25) is 0 Å². The van der Waals surface area contributed by atoms with Crippen LogP contribution < -0.4 is 11.1 Å². The molecule has 0 amide bonds. The SMILES string of the molecule is Cc1c(N)cnc(NC2CCS(=O)(=O)C2)c1Br. The van der Waals surface area contributed by atoms with Crippen LogP contribution >= 0.6 is 15.9 Å². The molecule has 1 atom stereocenters. The molecule has 3 N–H and O–H groups in total. The summed E-state index contributed by atoms with van der Waals surface area (Å²) >= 11 is 3.41. The lowest BCUT2D eigenvalue weighted by Gasteiger charge is -2.14. The van der Waals surface area contributed by atoms with Crippen LogP contribution in [-0.2, 0) is 9.84 Å². The highest BCUT2D eigenvalue weighted by Crippen LogP contribution is 2.29. The molecule has 1 saturated heterocycles. The smallest absolute Gasteiger partial charge is 0.152 e. The number of anilines is 2. The van der Waals surface area contributed by atoms with Crippen LogP contribution in [0.2, 0.25) is 0 Å². The first-order chi connectivity index (χ1) is 7.89. The topological polar surface area (TPSA) is 85.1 Å². The summed E-state index contributed by atoms with van der Waals surface area (Å²) in [6, 6.07) is -0.0631. The number of hydrogen-bond acceptors (Lipinski definition) is 5. The monoisotopic (exact) mass is 319 g/mol. The van der Waals surface area contributed by atoms with Crippen molar-refractivity contribution in [3.8, 4) is 0 Å². The fourth-order valence-electron chi connectivity index (χ4n) is 1.79. The van der Waals surface area contributed by atoms with Crippen molar-refractivity contribution in [2.45, 2.75) is 19.4 Å². The number of halogens is 1. The quantitative estimate of drug-likeness (QED) is 0.859. The predicted molar refractivity (Wildman–Crippen MR) is 71.8 cm³/mol. The molecule has 1 aromatic rings. The van der Waals surface area contributed by atoms with E-state index >= 15 is 0 Å². The third-order valence-electron chi connectivity index (χ3n) is 2.88. The normalized spacial score (nSPS) is 22.6. The van der Waals surface area contributed by atoms with E-state index in [-0.39, 0.29) is 17.5 Å². The van der Waals surface area contributed by atoms with Gasteiger partial charge in [-0.25, -0.2) is 13.4 Å². The van der Waals surface area contributed by atoms with Crippen molar-refractivity contribution in [2.75, 3.05) is 22.6 Å². The molecule has 1 aliphatic heterocycles. The fourth-order valence-corrected chi connectivity index (χ4v) is 3.91. The molecule has 0 saturated carbocycles. The fraction of sp³-hybridized carbons (Fsp3) is 0.500. The maximum atomic E-state index is 11.3. The molecule has 0 aromatic carbocycles. The first-order valence-corrected chi connectivity index (χ1v) is 7.88. The Hall–Kier alpha value is -0.820. The number of aromatic nitrogens is 1.